The zero-order chi connectivity index (χ0) is 16.8. The summed E-state index contributed by atoms with van der Waals surface area (Å²) in [7, 11) is 1.67. The third-order valence-electron chi connectivity index (χ3n) is 5.04. The summed E-state index contributed by atoms with van der Waals surface area (Å²) >= 11 is 0. The van der Waals surface area contributed by atoms with Crippen molar-refractivity contribution in [2.75, 3.05) is 20.3 Å². The Labute approximate surface area is 137 Å². The molecule has 1 N–H and O–H groups in total. The zero-order valence-corrected chi connectivity index (χ0v) is 14.4. The first kappa shape index (κ1) is 16.4. The second-order valence-electron chi connectivity index (χ2n) is 7.50. The Morgan fingerprint density at radius 1 is 1.35 bits per heavy atom. The van der Waals surface area contributed by atoms with E-state index in [0.29, 0.717) is 17.7 Å². The number of hydrogen-bond donors (Lipinski definition) is 1. The van der Waals surface area contributed by atoms with Gasteiger partial charge in [-0.25, -0.2) is 10.0 Å². The first-order valence-electron chi connectivity index (χ1n) is 8.24. The van der Waals surface area contributed by atoms with Gasteiger partial charge in [0.2, 0.25) is 0 Å². The average molecular weight is 318 g/mol. The normalized spacial score (nSPS) is 28.5. The van der Waals surface area contributed by atoms with Gasteiger partial charge in [-0.2, -0.15) is 0 Å². The largest absolute Gasteiger partial charge is 0.383 e. The van der Waals surface area contributed by atoms with Gasteiger partial charge in [0.1, 0.15) is 0 Å². The van der Waals surface area contributed by atoms with E-state index < -0.39 is 11.1 Å². The lowest BCUT2D eigenvalue weighted by molar-refractivity contribution is -0.238. The second-order valence-corrected chi connectivity index (χ2v) is 7.50. The molecule has 3 rings (SSSR count). The molecule has 126 valence electrons. The third-order valence-corrected chi connectivity index (χ3v) is 5.04. The molecule has 1 saturated heterocycles. The minimum Gasteiger partial charge on any atom is -0.383 e. The van der Waals surface area contributed by atoms with Crippen molar-refractivity contribution < 1.29 is 14.6 Å². The van der Waals surface area contributed by atoms with Gasteiger partial charge in [0.15, 0.2) is 5.72 Å². The molecule has 2 aliphatic rings. The van der Waals surface area contributed by atoms with E-state index in [9.17, 15) is 9.90 Å². The molecule has 23 heavy (non-hydrogen) atoms. The first-order chi connectivity index (χ1) is 10.8. The van der Waals surface area contributed by atoms with Crippen molar-refractivity contribution in [3.8, 4) is 0 Å². The van der Waals surface area contributed by atoms with E-state index in [2.05, 4.69) is 0 Å². The van der Waals surface area contributed by atoms with Crippen LogP contribution in [0.15, 0.2) is 24.3 Å². The van der Waals surface area contributed by atoms with E-state index in [-0.39, 0.29) is 11.9 Å². The van der Waals surface area contributed by atoms with Gasteiger partial charge in [-0.05, 0) is 18.9 Å². The Kier molecular flexibility index (Phi) is 3.99. The van der Waals surface area contributed by atoms with Crippen LogP contribution in [0.3, 0.4) is 0 Å². The fraction of sp³-hybridized carbons (Fsp3) is 0.611. The number of aliphatic hydroxyl groups is 1. The fourth-order valence-electron chi connectivity index (χ4n) is 3.82. The highest BCUT2D eigenvalue weighted by molar-refractivity contribution is 5.99. The molecule has 2 atom stereocenters. The quantitative estimate of drug-likeness (QED) is 0.929. The number of methoxy groups -OCH3 is 1. The molecular weight excluding hydrogens is 292 g/mol. The molecular formula is C18H26N2O3. The molecule has 1 unspecified atom stereocenters. The number of fused-ring (bicyclic) bond motifs is 1. The van der Waals surface area contributed by atoms with Crippen LogP contribution in [0.4, 0.5) is 0 Å². The number of hydrazine groups is 1. The SMILES string of the molecule is COC[C@@H]1CCCN1N1C(=O)c2ccccc2C1(O)C(C)(C)C. The summed E-state index contributed by atoms with van der Waals surface area (Å²) in [6.45, 7) is 7.22. The van der Waals surface area contributed by atoms with Crippen molar-refractivity contribution in [2.24, 2.45) is 5.41 Å². The molecule has 1 aromatic rings. The molecule has 2 heterocycles. The maximum atomic E-state index is 13.1. The summed E-state index contributed by atoms with van der Waals surface area (Å²) in [6.07, 6.45) is 1.96. The van der Waals surface area contributed by atoms with Crippen LogP contribution >= 0.6 is 0 Å². The molecule has 0 saturated carbocycles. The maximum absolute atomic E-state index is 13.1. The van der Waals surface area contributed by atoms with E-state index in [1.54, 1.807) is 18.2 Å². The highest BCUT2D eigenvalue weighted by atomic mass is 16.5. The van der Waals surface area contributed by atoms with Crippen LogP contribution in [-0.4, -0.2) is 47.3 Å². The van der Waals surface area contributed by atoms with Gasteiger partial charge in [-0.3, -0.25) is 4.79 Å². The summed E-state index contributed by atoms with van der Waals surface area (Å²) in [5.74, 6) is -0.124. The zero-order valence-electron chi connectivity index (χ0n) is 14.4. The van der Waals surface area contributed by atoms with Crippen LogP contribution in [0, 0.1) is 5.41 Å². The van der Waals surface area contributed by atoms with E-state index in [4.69, 9.17) is 4.74 Å². The number of ether oxygens (including phenoxy) is 1. The van der Waals surface area contributed by atoms with Crippen molar-refractivity contribution >= 4 is 5.91 Å². The summed E-state index contributed by atoms with van der Waals surface area (Å²) in [5.41, 5.74) is -0.583. The predicted molar refractivity (Wildman–Crippen MR) is 87.6 cm³/mol. The van der Waals surface area contributed by atoms with Crippen LogP contribution in [0.1, 0.15) is 49.5 Å². The number of rotatable bonds is 3. The number of benzene rings is 1. The standard InChI is InChI=1S/C18H26N2O3/c1-17(2,3)18(22)15-10-6-5-9-14(15)16(21)20(18)19-11-7-8-13(19)12-23-4/h5-6,9-10,13,22H,7-8,11-12H2,1-4H3/t13-,18?/m0/s1. The average Bonchev–Trinajstić information content (AvgIpc) is 3.02. The number of hydrogen-bond acceptors (Lipinski definition) is 4. The maximum Gasteiger partial charge on any atom is 0.271 e. The molecule has 0 aromatic heterocycles. The van der Waals surface area contributed by atoms with Gasteiger partial charge in [0.05, 0.1) is 12.6 Å². The van der Waals surface area contributed by atoms with Crippen LogP contribution in [0.2, 0.25) is 0 Å². The minimum absolute atomic E-state index is 0.118. The molecule has 0 spiro atoms. The summed E-state index contributed by atoms with van der Waals surface area (Å²) in [4.78, 5) is 13.1. The molecule has 0 aliphatic carbocycles. The lowest BCUT2D eigenvalue weighted by atomic mass is 9.79. The molecule has 0 bridgehead atoms. The van der Waals surface area contributed by atoms with Crippen LogP contribution < -0.4 is 0 Å². The van der Waals surface area contributed by atoms with Crippen molar-refractivity contribution in [1.29, 1.82) is 0 Å². The number of carbonyl (C=O) groups is 1. The summed E-state index contributed by atoms with van der Waals surface area (Å²) in [6, 6.07) is 7.51. The van der Waals surface area contributed by atoms with Crippen molar-refractivity contribution in [3.63, 3.8) is 0 Å². The smallest absolute Gasteiger partial charge is 0.271 e. The van der Waals surface area contributed by atoms with E-state index in [0.717, 1.165) is 19.4 Å². The Hall–Kier alpha value is -1.43. The second kappa shape index (κ2) is 5.58. The van der Waals surface area contributed by atoms with Crippen LogP contribution in [-0.2, 0) is 10.5 Å². The highest BCUT2D eigenvalue weighted by Crippen LogP contribution is 2.50. The summed E-state index contributed by atoms with van der Waals surface area (Å²) < 4.78 is 5.32. The lowest BCUT2D eigenvalue weighted by Crippen LogP contribution is -2.61. The van der Waals surface area contributed by atoms with Crippen molar-refractivity contribution in [3.05, 3.63) is 35.4 Å². The molecule has 0 radical (unpaired) electrons. The van der Waals surface area contributed by atoms with Gasteiger partial charge in [-0.15, -0.1) is 0 Å². The van der Waals surface area contributed by atoms with Gasteiger partial charge in [0.25, 0.3) is 5.91 Å². The van der Waals surface area contributed by atoms with E-state index in [1.165, 1.54) is 0 Å². The third kappa shape index (κ3) is 2.30. The molecule has 5 nitrogen and oxygen atoms in total. The van der Waals surface area contributed by atoms with Crippen LogP contribution in [0.25, 0.3) is 0 Å². The fourth-order valence-corrected chi connectivity index (χ4v) is 3.82. The van der Waals surface area contributed by atoms with Gasteiger partial charge in [-0.1, -0.05) is 39.0 Å². The van der Waals surface area contributed by atoms with E-state index >= 15 is 0 Å². The molecule has 1 aromatic carbocycles. The van der Waals surface area contributed by atoms with Crippen molar-refractivity contribution in [2.45, 2.75) is 45.4 Å². The summed E-state index contributed by atoms with van der Waals surface area (Å²) in [5, 5.41) is 15.3. The number of nitrogens with zero attached hydrogens (tertiary/aromatic N) is 2. The Balaban J connectivity index is 2.11. The van der Waals surface area contributed by atoms with Gasteiger partial charge >= 0.3 is 0 Å². The molecule has 1 fully saturated rings. The predicted octanol–water partition coefficient (Wildman–Crippen LogP) is 2.36. The van der Waals surface area contributed by atoms with Crippen LogP contribution in [0.5, 0.6) is 0 Å². The Morgan fingerprint density at radius 2 is 2.04 bits per heavy atom. The molecule has 5 heteroatoms. The van der Waals surface area contributed by atoms with E-state index in [1.807, 2.05) is 44.0 Å². The minimum atomic E-state index is -1.35. The molecule has 1 amide bonds. The topological polar surface area (TPSA) is 53.0 Å². The number of carbonyl (C=O) groups excluding carboxylic acids is 1. The Morgan fingerprint density at radius 3 is 2.70 bits per heavy atom. The number of amides is 1. The van der Waals surface area contributed by atoms with Gasteiger partial charge in [0, 0.05) is 30.2 Å². The van der Waals surface area contributed by atoms with Crippen molar-refractivity contribution in [1.82, 2.24) is 10.0 Å². The Bertz CT molecular complexity index is 611. The van der Waals surface area contributed by atoms with Gasteiger partial charge < -0.3 is 9.84 Å². The lowest BCUT2D eigenvalue weighted by Gasteiger charge is -2.48. The monoisotopic (exact) mass is 318 g/mol. The molecule has 2 aliphatic heterocycles. The highest BCUT2D eigenvalue weighted by Gasteiger charge is 2.58. The first-order valence-corrected chi connectivity index (χ1v) is 8.24.